The van der Waals surface area contributed by atoms with Crippen LogP contribution in [0.15, 0.2) is 48.6 Å². The highest BCUT2D eigenvalue weighted by Gasteiger charge is 2.07. The molecule has 0 N–H and O–H groups in total. The first-order chi connectivity index (χ1) is 8.52. The smallest absolute Gasteiger partial charge is 0.333 e. The Labute approximate surface area is 107 Å². The molecule has 18 heavy (non-hydrogen) atoms. The SMILES string of the molecule is C=C/C=C(\C)C(=O)OCCOC(=O)/C(C)=C/C=C. The number of carbonyl (C=O) groups is 2. The van der Waals surface area contributed by atoms with Crippen LogP contribution in [0.3, 0.4) is 0 Å². The summed E-state index contributed by atoms with van der Waals surface area (Å²) in [6.07, 6.45) is 6.09. The highest BCUT2D eigenvalue weighted by molar-refractivity contribution is 5.88. The lowest BCUT2D eigenvalue weighted by molar-refractivity contribution is -0.147. The van der Waals surface area contributed by atoms with E-state index in [2.05, 4.69) is 13.2 Å². The fourth-order valence-electron chi connectivity index (χ4n) is 0.986. The lowest BCUT2D eigenvalue weighted by Gasteiger charge is -2.06. The van der Waals surface area contributed by atoms with Crippen molar-refractivity contribution in [3.05, 3.63) is 48.6 Å². The second-order valence-electron chi connectivity index (χ2n) is 3.44. The minimum atomic E-state index is -0.454. The van der Waals surface area contributed by atoms with Gasteiger partial charge in [-0.15, -0.1) is 0 Å². The summed E-state index contributed by atoms with van der Waals surface area (Å²) in [5.74, 6) is -0.909. The summed E-state index contributed by atoms with van der Waals surface area (Å²) in [6, 6.07) is 0. The van der Waals surface area contributed by atoms with Crippen LogP contribution in [0.4, 0.5) is 0 Å². The third-order valence-corrected chi connectivity index (χ3v) is 1.93. The molecule has 0 aliphatic heterocycles. The molecule has 0 amide bonds. The normalized spacial score (nSPS) is 11.7. The van der Waals surface area contributed by atoms with Gasteiger partial charge in [-0.1, -0.05) is 37.5 Å². The first-order valence-corrected chi connectivity index (χ1v) is 5.45. The van der Waals surface area contributed by atoms with Crippen LogP contribution in [-0.4, -0.2) is 25.2 Å². The topological polar surface area (TPSA) is 52.6 Å². The van der Waals surface area contributed by atoms with E-state index in [0.29, 0.717) is 11.1 Å². The van der Waals surface area contributed by atoms with Crippen molar-refractivity contribution in [1.29, 1.82) is 0 Å². The molecular weight excluding hydrogens is 232 g/mol. The highest BCUT2D eigenvalue weighted by atomic mass is 16.6. The van der Waals surface area contributed by atoms with Crippen molar-refractivity contribution in [3.63, 3.8) is 0 Å². The molecule has 0 fully saturated rings. The molecule has 0 bridgehead atoms. The van der Waals surface area contributed by atoms with Crippen molar-refractivity contribution in [3.8, 4) is 0 Å². The Morgan fingerprint density at radius 1 is 0.889 bits per heavy atom. The van der Waals surface area contributed by atoms with E-state index in [-0.39, 0.29) is 13.2 Å². The summed E-state index contributed by atoms with van der Waals surface area (Å²) in [7, 11) is 0. The van der Waals surface area contributed by atoms with Crippen molar-refractivity contribution in [1.82, 2.24) is 0 Å². The number of hydrogen-bond acceptors (Lipinski definition) is 4. The van der Waals surface area contributed by atoms with E-state index in [1.807, 2.05) is 0 Å². The summed E-state index contributed by atoms with van der Waals surface area (Å²) in [4.78, 5) is 22.6. The molecule has 0 saturated carbocycles. The number of hydrogen-bond donors (Lipinski definition) is 0. The zero-order valence-corrected chi connectivity index (χ0v) is 10.8. The Kier molecular flexibility index (Phi) is 7.94. The van der Waals surface area contributed by atoms with Gasteiger partial charge in [0.2, 0.25) is 0 Å². The summed E-state index contributed by atoms with van der Waals surface area (Å²) in [6.45, 7) is 10.2. The molecule has 0 aromatic rings. The Bertz CT molecular complexity index is 351. The molecule has 0 atom stereocenters. The molecule has 0 saturated heterocycles. The van der Waals surface area contributed by atoms with E-state index in [1.54, 1.807) is 26.0 Å². The van der Waals surface area contributed by atoms with Gasteiger partial charge in [0.1, 0.15) is 13.2 Å². The van der Waals surface area contributed by atoms with Gasteiger partial charge in [0.05, 0.1) is 0 Å². The van der Waals surface area contributed by atoms with Gasteiger partial charge in [0.25, 0.3) is 0 Å². The summed E-state index contributed by atoms with van der Waals surface area (Å²) < 4.78 is 9.75. The van der Waals surface area contributed by atoms with Crippen LogP contribution in [0, 0.1) is 0 Å². The Balaban J connectivity index is 3.94. The van der Waals surface area contributed by atoms with Crippen LogP contribution >= 0.6 is 0 Å². The van der Waals surface area contributed by atoms with Crippen LogP contribution < -0.4 is 0 Å². The van der Waals surface area contributed by atoms with Crippen LogP contribution in [0.1, 0.15) is 13.8 Å². The maximum absolute atomic E-state index is 11.3. The van der Waals surface area contributed by atoms with E-state index in [4.69, 9.17) is 9.47 Å². The van der Waals surface area contributed by atoms with Crippen molar-refractivity contribution in [2.24, 2.45) is 0 Å². The molecule has 0 unspecified atom stereocenters. The van der Waals surface area contributed by atoms with Gasteiger partial charge in [-0.3, -0.25) is 0 Å². The summed E-state index contributed by atoms with van der Waals surface area (Å²) in [5.41, 5.74) is 0.887. The molecule has 0 radical (unpaired) electrons. The van der Waals surface area contributed by atoms with Gasteiger partial charge in [0, 0.05) is 11.1 Å². The number of esters is 2. The molecule has 0 aromatic heterocycles. The fraction of sp³-hybridized carbons (Fsp3) is 0.286. The largest absolute Gasteiger partial charge is 0.459 e. The molecule has 98 valence electrons. The minimum Gasteiger partial charge on any atom is -0.459 e. The van der Waals surface area contributed by atoms with Crippen molar-refractivity contribution in [2.75, 3.05) is 13.2 Å². The Morgan fingerprint density at radius 2 is 1.22 bits per heavy atom. The quantitative estimate of drug-likeness (QED) is 0.301. The maximum atomic E-state index is 11.3. The van der Waals surface area contributed by atoms with Crippen molar-refractivity contribution < 1.29 is 19.1 Å². The molecular formula is C14H18O4. The molecule has 0 rings (SSSR count). The standard InChI is InChI=1S/C14H18O4/c1-5-7-11(3)13(15)17-9-10-18-14(16)12(4)8-6-2/h5-8H,1-2,9-10H2,3-4H3/b11-7+,12-8+. The van der Waals surface area contributed by atoms with Crippen molar-refractivity contribution >= 4 is 11.9 Å². The van der Waals surface area contributed by atoms with Crippen LogP contribution in [-0.2, 0) is 19.1 Å². The zero-order valence-electron chi connectivity index (χ0n) is 10.8. The fourth-order valence-corrected chi connectivity index (χ4v) is 0.986. The molecule has 4 nitrogen and oxygen atoms in total. The molecule has 0 aliphatic rings. The highest BCUT2D eigenvalue weighted by Crippen LogP contribution is 1.99. The minimum absolute atomic E-state index is 0.0221. The number of rotatable bonds is 7. The molecule has 0 heterocycles. The second-order valence-corrected chi connectivity index (χ2v) is 3.44. The van der Waals surface area contributed by atoms with Gasteiger partial charge < -0.3 is 9.47 Å². The van der Waals surface area contributed by atoms with Crippen LogP contribution in [0.2, 0.25) is 0 Å². The number of carbonyl (C=O) groups excluding carboxylic acids is 2. The molecule has 0 aliphatic carbocycles. The van der Waals surface area contributed by atoms with E-state index < -0.39 is 11.9 Å². The van der Waals surface area contributed by atoms with Gasteiger partial charge in [0.15, 0.2) is 0 Å². The average Bonchev–Trinajstić information content (AvgIpc) is 2.34. The van der Waals surface area contributed by atoms with Gasteiger partial charge in [-0.25, -0.2) is 9.59 Å². The zero-order chi connectivity index (χ0) is 14.0. The number of allylic oxidation sites excluding steroid dienone is 4. The van der Waals surface area contributed by atoms with Crippen LogP contribution in [0.25, 0.3) is 0 Å². The predicted octanol–water partition coefficient (Wildman–Crippen LogP) is 2.34. The van der Waals surface area contributed by atoms with E-state index >= 15 is 0 Å². The van der Waals surface area contributed by atoms with Crippen molar-refractivity contribution in [2.45, 2.75) is 13.8 Å². The second kappa shape index (κ2) is 8.98. The van der Waals surface area contributed by atoms with Crippen LogP contribution in [0.5, 0.6) is 0 Å². The van der Waals surface area contributed by atoms with Gasteiger partial charge in [-0.2, -0.15) is 0 Å². The van der Waals surface area contributed by atoms with E-state index in [1.165, 1.54) is 12.2 Å². The Morgan fingerprint density at radius 3 is 1.50 bits per heavy atom. The monoisotopic (exact) mass is 250 g/mol. The summed E-state index contributed by atoms with van der Waals surface area (Å²) in [5, 5.41) is 0. The van der Waals surface area contributed by atoms with Gasteiger partial charge in [-0.05, 0) is 13.8 Å². The summed E-state index contributed by atoms with van der Waals surface area (Å²) >= 11 is 0. The lowest BCUT2D eigenvalue weighted by Crippen LogP contribution is -2.14. The molecule has 0 spiro atoms. The van der Waals surface area contributed by atoms with Gasteiger partial charge >= 0.3 is 11.9 Å². The number of ether oxygens (including phenoxy) is 2. The Hall–Kier alpha value is -2.10. The third kappa shape index (κ3) is 6.48. The first-order valence-electron chi connectivity index (χ1n) is 5.45. The molecule has 0 aromatic carbocycles. The predicted molar refractivity (Wildman–Crippen MR) is 69.8 cm³/mol. The third-order valence-electron chi connectivity index (χ3n) is 1.93. The lowest BCUT2D eigenvalue weighted by atomic mass is 10.3. The maximum Gasteiger partial charge on any atom is 0.333 e. The van der Waals surface area contributed by atoms with E-state index in [9.17, 15) is 9.59 Å². The molecule has 4 heteroatoms. The first kappa shape index (κ1) is 15.9. The van der Waals surface area contributed by atoms with E-state index in [0.717, 1.165) is 0 Å². The average molecular weight is 250 g/mol.